The number of hydrogen-bond acceptors (Lipinski definition) is 3. The standard InChI is InChI=1S/C22H29F3N2O2/c23-22(24,25)19-8-6-18(7-9-19)14-26-12-10-21(11-13-26)16-27(20(28)29-21)15-17-4-2-1-3-5-17/h6-9,17H,1-5,10-16H2. The third-order valence-corrected chi connectivity index (χ3v) is 6.70. The Hall–Kier alpha value is -1.76. The molecule has 160 valence electrons. The van der Waals surface area contributed by atoms with Crippen LogP contribution in [0.3, 0.4) is 0 Å². The maximum atomic E-state index is 12.7. The molecule has 1 aromatic rings. The van der Waals surface area contributed by atoms with E-state index in [1.807, 2.05) is 4.90 Å². The molecule has 7 heteroatoms. The zero-order valence-electron chi connectivity index (χ0n) is 16.7. The van der Waals surface area contributed by atoms with Crippen LogP contribution in [0.5, 0.6) is 0 Å². The van der Waals surface area contributed by atoms with Gasteiger partial charge in [0.1, 0.15) is 5.60 Å². The van der Waals surface area contributed by atoms with Crippen LogP contribution in [-0.4, -0.2) is 47.7 Å². The molecule has 0 N–H and O–H groups in total. The highest BCUT2D eigenvalue weighted by molar-refractivity contribution is 5.70. The summed E-state index contributed by atoms with van der Waals surface area (Å²) in [4.78, 5) is 16.5. The smallest absolute Gasteiger partial charge is 0.416 e. The first-order valence-corrected chi connectivity index (χ1v) is 10.7. The highest BCUT2D eigenvalue weighted by atomic mass is 19.4. The Bertz CT molecular complexity index is 706. The van der Waals surface area contributed by atoms with Crippen molar-refractivity contribution in [1.82, 2.24) is 9.80 Å². The van der Waals surface area contributed by atoms with Gasteiger partial charge in [-0.3, -0.25) is 4.90 Å². The molecule has 0 bridgehead atoms. The number of nitrogens with zero attached hydrogens (tertiary/aromatic N) is 2. The molecule has 4 nitrogen and oxygen atoms in total. The Morgan fingerprint density at radius 2 is 1.69 bits per heavy atom. The van der Waals surface area contributed by atoms with Crippen LogP contribution in [-0.2, 0) is 17.5 Å². The van der Waals surface area contributed by atoms with Crippen molar-refractivity contribution in [2.24, 2.45) is 5.92 Å². The van der Waals surface area contributed by atoms with Gasteiger partial charge in [-0.05, 0) is 36.5 Å². The van der Waals surface area contributed by atoms with Gasteiger partial charge in [0.15, 0.2) is 0 Å². The van der Waals surface area contributed by atoms with Crippen molar-refractivity contribution in [3.63, 3.8) is 0 Å². The summed E-state index contributed by atoms with van der Waals surface area (Å²) >= 11 is 0. The van der Waals surface area contributed by atoms with Crippen molar-refractivity contribution in [3.05, 3.63) is 35.4 Å². The molecule has 0 aromatic heterocycles. The summed E-state index contributed by atoms with van der Waals surface area (Å²) in [6.45, 7) is 3.68. The van der Waals surface area contributed by atoms with Gasteiger partial charge in [0.05, 0.1) is 12.1 Å². The Balaban J connectivity index is 1.28. The molecular formula is C22H29F3N2O2. The molecule has 0 radical (unpaired) electrons. The van der Waals surface area contributed by atoms with E-state index in [1.165, 1.54) is 32.1 Å². The molecule has 0 atom stereocenters. The highest BCUT2D eigenvalue weighted by Gasteiger charge is 2.47. The van der Waals surface area contributed by atoms with E-state index in [2.05, 4.69) is 4.90 Å². The monoisotopic (exact) mass is 410 g/mol. The van der Waals surface area contributed by atoms with Crippen LogP contribution in [0.1, 0.15) is 56.1 Å². The normalized spacial score (nSPS) is 23.6. The van der Waals surface area contributed by atoms with Gasteiger partial charge in [-0.15, -0.1) is 0 Å². The van der Waals surface area contributed by atoms with E-state index in [-0.39, 0.29) is 11.7 Å². The third kappa shape index (κ3) is 4.87. The minimum absolute atomic E-state index is 0.174. The average molecular weight is 410 g/mol. The second kappa shape index (κ2) is 8.17. The topological polar surface area (TPSA) is 32.8 Å². The summed E-state index contributed by atoms with van der Waals surface area (Å²) in [6, 6.07) is 5.38. The van der Waals surface area contributed by atoms with Gasteiger partial charge in [-0.1, -0.05) is 31.4 Å². The maximum Gasteiger partial charge on any atom is 0.416 e. The van der Waals surface area contributed by atoms with Crippen LogP contribution in [0, 0.1) is 5.92 Å². The lowest BCUT2D eigenvalue weighted by molar-refractivity contribution is -0.137. The number of halogens is 3. The van der Waals surface area contributed by atoms with Gasteiger partial charge in [-0.2, -0.15) is 13.2 Å². The van der Waals surface area contributed by atoms with Crippen LogP contribution < -0.4 is 0 Å². The summed E-state index contributed by atoms with van der Waals surface area (Å²) in [5.41, 5.74) is -0.131. The first kappa shape index (κ1) is 20.5. The second-order valence-corrected chi connectivity index (χ2v) is 8.91. The van der Waals surface area contributed by atoms with E-state index >= 15 is 0 Å². The fourth-order valence-corrected chi connectivity index (χ4v) is 4.95. The molecule has 1 spiro atoms. The summed E-state index contributed by atoms with van der Waals surface area (Å²) in [6.07, 6.45) is 3.32. The van der Waals surface area contributed by atoms with E-state index in [0.717, 1.165) is 50.2 Å². The van der Waals surface area contributed by atoms with Crippen molar-refractivity contribution >= 4 is 6.09 Å². The number of benzene rings is 1. The van der Waals surface area contributed by atoms with Gasteiger partial charge in [0, 0.05) is 39.0 Å². The predicted octanol–water partition coefficient (Wildman–Crippen LogP) is 5.07. The minimum Gasteiger partial charge on any atom is -0.441 e. The lowest BCUT2D eigenvalue weighted by Gasteiger charge is -2.37. The first-order valence-electron chi connectivity index (χ1n) is 10.7. The van der Waals surface area contributed by atoms with Crippen molar-refractivity contribution in [1.29, 1.82) is 0 Å². The average Bonchev–Trinajstić information content (AvgIpc) is 2.99. The molecule has 3 aliphatic rings. The van der Waals surface area contributed by atoms with E-state index in [0.29, 0.717) is 19.0 Å². The molecule has 1 amide bonds. The van der Waals surface area contributed by atoms with Crippen LogP contribution in [0.2, 0.25) is 0 Å². The number of piperidine rings is 1. The fourth-order valence-electron chi connectivity index (χ4n) is 4.95. The lowest BCUT2D eigenvalue weighted by atomic mass is 9.88. The molecule has 4 rings (SSSR count). The molecule has 2 heterocycles. The van der Waals surface area contributed by atoms with E-state index in [4.69, 9.17) is 4.74 Å². The summed E-state index contributed by atoms with van der Waals surface area (Å²) in [5, 5.41) is 0. The Morgan fingerprint density at radius 3 is 2.31 bits per heavy atom. The van der Waals surface area contributed by atoms with Crippen molar-refractivity contribution < 1.29 is 22.7 Å². The summed E-state index contributed by atoms with van der Waals surface area (Å²) in [5.74, 6) is 0.603. The number of alkyl halides is 3. The van der Waals surface area contributed by atoms with Gasteiger partial charge in [0.2, 0.25) is 0 Å². The van der Waals surface area contributed by atoms with Crippen molar-refractivity contribution in [3.8, 4) is 0 Å². The van der Waals surface area contributed by atoms with Crippen molar-refractivity contribution in [2.45, 2.75) is 63.3 Å². The number of ether oxygens (including phenoxy) is 1. The largest absolute Gasteiger partial charge is 0.441 e. The summed E-state index contributed by atoms with van der Waals surface area (Å²) in [7, 11) is 0. The van der Waals surface area contributed by atoms with Crippen LogP contribution >= 0.6 is 0 Å². The SMILES string of the molecule is O=C1OC2(CCN(Cc3ccc(C(F)(F)F)cc3)CC2)CN1CC1CCCCC1. The van der Waals surface area contributed by atoms with Crippen molar-refractivity contribution in [2.75, 3.05) is 26.2 Å². The van der Waals surface area contributed by atoms with Gasteiger partial charge < -0.3 is 9.64 Å². The van der Waals surface area contributed by atoms with E-state index in [1.54, 1.807) is 12.1 Å². The molecule has 1 saturated carbocycles. The van der Waals surface area contributed by atoms with Gasteiger partial charge in [-0.25, -0.2) is 4.79 Å². The Labute approximate surface area is 170 Å². The zero-order valence-corrected chi connectivity index (χ0v) is 16.7. The number of amides is 1. The Morgan fingerprint density at radius 1 is 1.03 bits per heavy atom. The molecule has 29 heavy (non-hydrogen) atoms. The number of hydrogen-bond donors (Lipinski definition) is 0. The molecule has 1 aliphatic carbocycles. The minimum atomic E-state index is -4.30. The second-order valence-electron chi connectivity index (χ2n) is 8.91. The summed E-state index contributed by atoms with van der Waals surface area (Å²) < 4.78 is 43.9. The van der Waals surface area contributed by atoms with Crippen LogP contribution in [0.15, 0.2) is 24.3 Å². The number of carbonyl (C=O) groups is 1. The first-order chi connectivity index (χ1) is 13.8. The predicted molar refractivity (Wildman–Crippen MR) is 103 cm³/mol. The third-order valence-electron chi connectivity index (χ3n) is 6.70. The lowest BCUT2D eigenvalue weighted by Crippen LogP contribution is -2.46. The molecule has 2 aliphatic heterocycles. The molecule has 2 saturated heterocycles. The quantitative estimate of drug-likeness (QED) is 0.695. The molecule has 1 aromatic carbocycles. The van der Waals surface area contributed by atoms with Crippen LogP contribution in [0.4, 0.5) is 18.0 Å². The molecule has 0 unspecified atom stereocenters. The number of likely N-dealkylation sites (tertiary alicyclic amines) is 1. The van der Waals surface area contributed by atoms with E-state index < -0.39 is 11.7 Å². The fraction of sp³-hybridized carbons (Fsp3) is 0.682. The maximum absolute atomic E-state index is 12.7. The molecule has 3 fully saturated rings. The number of carbonyl (C=O) groups excluding carboxylic acids is 1. The van der Waals surface area contributed by atoms with Gasteiger partial charge >= 0.3 is 12.3 Å². The number of rotatable bonds is 4. The highest BCUT2D eigenvalue weighted by Crippen LogP contribution is 2.35. The van der Waals surface area contributed by atoms with Crippen LogP contribution in [0.25, 0.3) is 0 Å². The van der Waals surface area contributed by atoms with Gasteiger partial charge in [0.25, 0.3) is 0 Å². The Kier molecular flexibility index (Phi) is 5.78. The molecular weight excluding hydrogens is 381 g/mol. The van der Waals surface area contributed by atoms with E-state index in [9.17, 15) is 18.0 Å². The zero-order chi connectivity index (χ0) is 20.5.